The molecule has 0 fully saturated rings. The monoisotopic (exact) mass is 405 g/mol. The van der Waals surface area contributed by atoms with E-state index < -0.39 is 10.0 Å². The van der Waals surface area contributed by atoms with Crippen molar-refractivity contribution >= 4 is 26.0 Å². The Morgan fingerprint density at radius 1 is 1.12 bits per heavy atom. The van der Waals surface area contributed by atoms with E-state index in [1.807, 2.05) is 36.5 Å². The molecule has 0 spiro atoms. The second kappa shape index (κ2) is 6.88. The van der Waals surface area contributed by atoms with Crippen LogP contribution in [0, 0.1) is 0 Å². The highest BCUT2D eigenvalue weighted by molar-refractivity contribution is 9.10. The summed E-state index contributed by atoms with van der Waals surface area (Å²) in [6.45, 7) is 0.252. The second-order valence-corrected chi connectivity index (χ2v) is 8.31. The van der Waals surface area contributed by atoms with Crippen molar-refractivity contribution in [3.63, 3.8) is 0 Å². The van der Waals surface area contributed by atoms with Crippen LogP contribution in [0.5, 0.6) is 0 Å². The zero-order chi connectivity index (χ0) is 17.2. The fraction of sp³-hybridized carbons (Fsp3) is 0.118. The largest absolute Gasteiger partial charge is 0.243 e. The maximum atomic E-state index is 12.6. The van der Waals surface area contributed by atoms with Crippen LogP contribution in [0.15, 0.2) is 76.4 Å². The van der Waals surface area contributed by atoms with Crippen LogP contribution >= 0.6 is 15.9 Å². The Morgan fingerprint density at radius 2 is 1.88 bits per heavy atom. The molecule has 0 aliphatic carbocycles. The van der Waals surface area contributed by atoms with Crippen LogP contribution in [0.1, 0.15) is 5.56 Å². The number of benzene rings is 2. The summed E-state index contributed by atoms with van der Waals surface area (Å²) in [6.07, 6.45) is 3.52. The van der Waals surface area contributed by atoms with Crippen LogP contribution in [0.25, 0.3) is 5.69 Å². The standard InChI is InChI=1S/C17H16BrN3O2S/c1-20(24(22,23)17-9-5-6-15(18)10-17)12-14-11-19-21(13-14)16-7-3-2-4-8-16/h2-11,13H,12H2,1H3. The molecule has 0 unspecified atom stereocenters. The first-order chi connectivity index (χ1) is 11.5. The van der Waals surface area contributed by atoms with Gasteiger partial charge in [-0.25, -0.2) is 13.1 Å². The van der Waals surface area contributed by atoms with Crippen molar-refractivity contribution in [2.45, 2.75) is 11.4 Å². The molecule has 0 atom stereocenters. The van der Waals surface area contributed by atoms with Gasteiger partial charge in [0, 0.05) is 29.8 Å². The van der Waals surface area contributed by atoms with Crippen LogP contribution in [0.4, 0.5) is 0 Å². The lowest BCUT2D eigenvalue weighted by atomic mass is 10.3. The molecule has 0 radical (unpaired) electrons. The summed E-state index contributed by atoms with van der Waals surface area (Å²) in [6, 6.07) is 16.4. The van der Waals surface area contributed by atoms with Gasteiger partial charge < -0.3 is 0 Å². The highest BCUT2D eigenvalue weighted by atomic mass is 79.9. The Labute approximate surface area is 149 Å². The van der Waals surface area contributed by atoms with E-state index in [4.69, 9.17) is 0 Å². The molecule has 0 amide bonds. The molecule has 0 aliphatic heterocycles. The van der Waals surface area contributed by atoms with Crippen molar-refractivity contribution in [3.05, 3.63) is 77.0 Å². The van der Waals surface area contributed by atoms with E-state index >= 15 is 0 Å². The third kappa shape index (κ3) is 3.58. The number of para-hydroxylation sites is 1. The van der Waals surface area contributed by atoms with Gasteiger partial charge in [-0.05, 0) is 30.3 Å². The topological polar surface area (TPSA) is 55.2 Å². The van der Waals surface area contributed by atoms with Crippen molar-refractivity contribution in [3.8, 4) is 5.69 Å². The van der Waals surface area contributed by atoms with Gasteiger partial charge in [-0.3, -0.25) is 0 Å². The molecule has 0 bridgehead atoms. The molecule has 5 nitrogen and oxygen atoms in total. The van der Waals surface area contributed by atoms with Gasteiger partial charge in [0.25, 0.3) is 0 Å². The minimum Gasteiger partial charge on any atom is -0.241 e. The lowest BCUT2D eigenvalue weighted by Crippen LogP contribution is -2.26. The van der Waals surface area contributed by atoms with E-state index in [0.29, 0.717) is 0 Å². The molecule has 3 rings (SSSR count). The normalized spacial score (nSPS) is 11.8. The first kappa shape index (κ1) is 16.9. The number of aromatic nitrogens is 2. The predicted molar refractivity (Wildman–Crippen MR) is 96.4 cm³/mol. The van der Waals surface area contributed by atoms with E-state index in [1.54, 1.807) is 42.2 Å². The lowest BCUT2D eigenvalue weighted by molar-refractivity contribution is 0.466. The van der Waals surface area contributed by atoms with Crippen LogP contribution in [-0.4, -0.2) is 29.6 Å². The van der Waals surface area contributed by atoms with Crippen molar-refractivity contribution < 1.29 is 8.42 Å². The van der Waals surface area contributed by atoms with Gasteiger partial charge in [-0.1, -0.05) is 40.2 Å². The van der Waals surface area contributed by atoms with Crippen LogP contribution in [0.3, 0.4) is 0 Å². The zero-order valence-corrected chi connectivity index (χ0v) is 15.4. The molecule has 2 aromatic carbocycles. The Kier molecular flexibility index (Phi) is 4.84. The molecule has 0 saturated carbocycles. The van der Waals surface area contributed by atoms with E-state index in [-0.39, 0.29) is 11.4 Å². The van der Waals surface area contributed by atoms with Gasteiger partial charge in [0.15, 0.2) is 0 Å². The fourth-order valence-corrected chi connectivity index (χ4v) is 4.07. The highest BCUT2D eigenvalue weighted by Gasteiger charge is 2.21. The summed E-state index contributed by atoms with van der Waals surface area (Å²) >= 11 is 3.30. The third-order valence-electron chi connectivity index (χ3n) is 3.57. The number of hydrogen-bond acceptors (Lipinski definition) is 3. The number of rotatable bonds is 5. The minimum atomic E-state index is -3.55. The molecular formula is C17H16BrN3O2S. The second-order valence-electron chi connectivity index (χ2n) is 5.35. The average molecular weight is 406 g/mol. The van der Waals surface area contributed by atoms with E-state index in [9.17, 15) is 8.42 Å². The Bertz CT molecular complexity index is 939. The molecular weight excluding hydrogens is 390 g/mol. The smallest absolute Gasteiger partial charge is 0.241 e. The van der Waals surface area contributed by atoms with Crippen LogP contribution < -0.4 is 0 Å². The van der Waals surface area contributed by atoms with E-state index in [2.05, 4.69) is 21.0 Å². The van der Waals surface area contributed by atoms with Gasteiger partial charge in [0.1, 0.15) is 0 Å². The number of halogens is 1. The predicted octanol–water partition coefficient (Wildman–Crippen LogP) is 3.46. The number of nitrogens with zero attached hydrogens (tertiary/aromatic N) is 3. The van der Waals surface area contributed by atoms with Crippen LogP contribution in [-0.2, 0) is 16.6 Å². The fourth-order valence-electron chi connectivity index (χ4n) is 2.31. The van der Waals surface area contributed by atoms with Crippen LogP contribution in [0.2, 0.25) is 0 Å². The van der Waals surface area contributed by atoms with Gasteiger partial charge >= 0.3 is 0 Å². The summed E-state index contributed by atoms with van der Waals surface area (Å²) in [5, 5.41) is 4.30. The molecule has 24 heavy (non-hydrogen) atoms. The maximum absolute atomic E-state index is 12.6. The molecule has 7 heteroatoms. The quantitative estimate of drug-likeness (QED) is 0.652. The molecule has 0 N–H and O–H groups in total. The SMILES string of the molecule is CN(Cc1cnn(-c2ccccc2)c1)S(=O)(=O)c1cccc(Br)c1. The number of hydrogen-bond donors (Lipinski definition) is 0. The zero-order valence-electron chi connectivity index (χ0n) is 13.0. The Hall–Kier alpha value is -1.96. The molecule has 3 aromatic rings. The molecule has 0 saturated heterocycles. The summed E-state index contributed by atoms with van der Waals surface area (Å²) < 4.78 is 29.1. The van der Waals surface area contributed by atoms with Gasteiger partial charge in [-0.2, -0.15) is 9.40 Å². The summed E-state index contributed by atoms with van der Waals surface area (Å²) in [4.78, 5) is 0.259. The maximum Gasteiger partial charge on any atom is 0.243 e. The highest BCUT2D eigenvalue weighted by Crippen LogP contribution is 2.20. The summed E-state index contributed by atoms with van der Waals surface area (Å²) in [5.74, 6) is 0. The molecule has 124 valence electrons. The molecule has 1 heterocycles. The summed E-state index contributed by atoms with van der Waals surface area (Å²) in [5.41, 5.74) is 1.75. The van der Waals surface area contributed by atoms with Crippen molar-refractivity contribution in [2.24, 2.45) is 0 Å². The Balaban J connectivity index is 1.80. The van der Waals surface area contributed by atoms with E-state index in [0.717, 1.165) is 15.7 Å². The summed E-state index contributed by atoms with van der Waals surface area (Å²) in [7, 11) is -1.98. The van der Waals surface area contributed by atoms with Crippen molar-refractivity contribution in [1.82, 2.24) is 14.1 Å². The van der Waals surface area contributed by atoms with Gasteiger partial charge in [-0.15, -0.1) is 0 Å². The van der Waals surface area contributed by atoms with Gasteiger partial charge in [0.05, 0.1) is 16.8 Å². The lowest BCUT2D eigenvalue weighted by Gasteiger charge is -2.16. The number of sulfonamides is 1. The van der Waals surface area contributed by atoms with Gasteiger partial charge in [0.2, 0.25) is 10.0 Å². The van der Waals surface area contributed by atoms with Crippen molar-refractivity contribution in [1.29, 1.82) is 0 Å². The first-order valence-electron chi connectivity index (χ1n) is 7.28. The van der Waals surface area contributed by atoms with Crippen molar-refractivity contribution in [2.75, 3.05) is 7.05 Å². The minimum absolute atomic E-state index is 0.252. The molecule has 0 aliphatic rings. The van der Waals surface area contributed by atoms with E-state index in [1.165, 1.54) is 4.31 Å². The third-order valence-corrected chi connectivity index (χ3v) is 5.86. The average Bonchev–Trinajstić information content (AvgIpc) is 3.04. The molecule has 1 aromatic heterocycles. The Morgan fingerprint density at radius 3 is 2.58 bits per heavy atom. The first-order valence-corrected chi connectivity index (χ1v) is 9.51.